The minimum Gasteiger partial charge on any atom is -0.442 e. The Kier molecular flexibility index (Phi) is 7.66. The maximum Gasteiger partial charge on any atom is 0.414 e. The van der Waals surface area contributed by atoms with Gasteiger partial charge in [0.15, 0.2) is 0 Å². The van der Waals surface area contributed by atoms with Gasteiger partial charge in [0.25, 0.3) is 5.69 Å². The standard InChI is InChI=1S/C25H26FN5O6/c1-17(32)27-15-21-16-30(25(34)37-21)20-7-8-23(22(26)14-20)28-10-12-29(13-11-28)24(33)9-4-18-2-5-19(6-3-18)31(35)36/h2-9,14,21H,10-13,15-16H2,1H3,(H,27,32)/t21-/m0/s1. The van der Waals surface area contributed by atoms with Gasteiger partial charge >= 0.3 is 6.09 Å². The summed E-state index contributed by atoms with van der Waals surface area (Å²) in [5, 5.41) is 13.3. The van der Waals surface area contributed by atoms with Gasteiger partial charge in [0.2, 0.25) is 11.8 Å². The number of cyclic esters (lactones) is 1. The van der Waals surface area contributed by atoms with Gasteiger partial charge in [-0.1, -0.05) is 0 Å². The predicted molar refractivity (Wildman–Crippen MR) is 134 cm³/mol. The summed E-state index contributed by atoms with van der Waals surface area (Å²) < 4.78 is 20.2. The molecule has 0 saturated carbocycles. The van der Waals surface area contributed by atoms with E-state index in [0.29, 0.717) is 43.1 Å². The van der Waals surface area contributed by atoms with Gasteiger partial charge in [-0.05, 0) is 42.0 Å². The first kappa shape index (κ1) is 25.6. The second-order valence-electron chi connectivity index (χ2n) is 8.68. The SMILES string of the molecule is CC(=O)NC[C@H]1CN(c2ccc(N3CCN(C(=O)C=Cc4ccc([N+](=O)[O-])cc4)CC3)c(F)c2)C(=O)O1. The van der Waals surface area contributed by atoms with Crippen molar-refractivity contribution in [1.82, 2.24) is 10.2 Å². The van der Waals surface area contributed by atoms with Crippen LogP contribution in [0.4, 0.5) is 26.2 Å². The number of rotatable bonds is 7. The quantitative estimate of drug-likeness (QED) is 0.344. The lowest BCUT2D eigenvalue weighted by Crippen LogP contribution is -2.48. The van der Waals surface area contributed by atoms with E-state index >= 15 is 0 Å². The number of nitrogens with one attached hydrogen (secondary N) is 1. The van der Waals surface area contributed by atoms with Gasteiger partial charge < -0.3 is 19.9 Å². The average Bonchev–Trinajstić information content (AvgIpc) is 3.26. The number of hydrogen-bond acceptors (Lipinski definition) is 7. The van der Waals surface area contributed by atoms with Crippen LogP contribution < -0.4 is 15.1 Å². The van der Waals surface area contributed by atoms with Crippen LogP contribution in [-0.2, 0) is 14.3 Å². The van der Waals surface area contributed by atoms with Crippen LogP contribution in [0.1, 0.15) is 12.5 Å². The van der Waals surface area contributed by atoms with Crippen LogP contribution in [0, 0.1) is 15.9 Å². The zero-order chi connectivity index (χ0) is 26.5. The molecule has 0 aliphatic carbocycles. The number of piperazine rings is 1. The van der Waals surface area contributed by atoms with Gasteiger partial charge in [-0.15, -0.1) is 0 Å². The molecule has 2 aliphatic rings. The van der Waals surface area contributed by atoms with Crippen molar-refractivity contribution in [2.75, 3.05) is 49.1 Å². The van der Waals surface area contributed by atoms with E-state index < -0.39 is 22.9 Å². The van der Waals surface area contributed by atoms with E-state index in [1.54, 1.807) is 35.2 Å². The monoisotopic (exact) mass is 511 g/mol. The number of non-ortho nitro benzene ring substituents is 1. The Labute approximate surface area is 212 Å². The molecule has 0 spiro atoms. The number of benzene rings is 2. The van der Waals surface area contributed by atoms with E-state index in [1.165, 1.54) is 36.1 Å². The first-order valence-electron chi connectivity index (χ1n) is 11.7. The van der Waals surface area contributed by atoms with Gasteiger partial charge in [0.05, 0.1) is 29.4 Å². The van der Waals surface area contributed by atoms with Crippen LogP contribution in [0.3, 0.4) is 0 Å². The Morgan fingerprint density at radius 3 is 2.49 bits per heavy atom. The van der Waals surface area contributed by atoms with Crippen LogP contribution in [0.2, 0.25) is 0 Å². The van der Waals surface area contributed by atoms with E-state index in [9.17, 15) is 28.9 Å². The number of anilines is 2. The molecule has 37 heavy (non-hydrogen) atoms. The first-order chi connectivity index (χ1) is 17.7. The Morgan fingerprint density at radius 1 is 1.16 bits per heavy atom. The molecule has 2 aromatic carbocycles. The molecule has 0 unspecified atom stereocenters. The molecule has 2 fully saturated rings. The molecule has 0 bridgehead atoms. The van der Waals surface area contributed by atoms with Crippen molar-refractivity contribution in [2.45, 2.75) is 13.0 Å². The molecule has 2 saturated heterocycles. The third-order valence-electron chi connectivity index (χ3n) is 6.15. The summed E-state index contributed by atoms with van der Waals surface area (Å²) in [7, 11) is 0. The largest absolute Gasteiger partial charge is 0.442 e. The van der Waals surface area contributed by atoms with Crippen LogP contribution in [-0.4, -0.2) is 73.1 Å². The number of amides is 3. The minimum atomic E-state index is -0.601. The highest BCUT2D eigenvalue weighted by Crippen LogP contribution is 2.28. The Morgan fingerprint density at radius 2 is 1.86 bits per heavy atom. The Balaban J connectivity index is 1.32. The second kappa shape index (κ2) is 11.1. The highest BCUT2D eigenvalue weighted by atomic mass is 19.1. The Hall–Kier alpha value is -4.48. The van der Waals surface area contributed by atoms with Crippen molar-refractivity contribution in [2.24, 2.45) is 0 Å². The minimum absolute atomic E-state index is 0.0219. The van der Waals surface area contributed by atoms with E-state index in [4.69, 9.17) is 4.74 Å². The van der Waals surface area contributed by atoms with Crippen LogP contribution in [0.15, 0.2) is 48.5 Å². The number of ether oxygens (including phenoxy) is 1. The van der Waals surface area contributed by atoms with E-state index in [0.717, 1.165) is 0 Å². The number of carbonyl (C=O) groups is 3. The molecular formula is C25H26FN5O6. The van der Waals surface area contributed by atoms with Crippen LogP contribution in [0.5, 0.6) is 0 Å². The van der Waals surface area contributed by atoms with Crippen molar-refractivity contribution >= 4 is 41.0 Å². The van der Waals surface area contributed by atoms with E-state index in [-0.39, 0.29) is 30.6 Å². The number of hydrogen-bond donors (Lipinski definition) is 1. The average molecular weight is 512 g/mol. The fourth-order valence-corrected chi connectivity index (χ4v) is 4.16. The van der Waals surface area contributed by atoms with Crippen LogP contribution >= 0.6 is 0 Å². The van der Waals surface area contributed by atoms with Gasteiger partial charge in [0.1, 0.15) is 11.9 Å². The number of halogens is 1. The molecule has 2 aromatic rings. The summed E-state index contributed by atoms with van der Waals surface area (Å²) in [4.78, 5) is 50.9. The van der Waals surface area contributed by atoms with Gasteiger partial charge in [-0.3, -0.25) is 24.6 Å². The van der Waals surface area contributed by atoms with E-state index in [2.05, 4.69) is 5.32 Å². The summed E-state index contributed by atoms with van der Waals surface area (Å²) >= 11 is 0. The summed E-state index contributed by atoms with van der Waals surface area (Å²) in [6, 6.07) is 10.4. The lowest BCUT2D eigenvalue weighted by atomic mass is 10.2. The summed E-state index contributed by atoms with van der Waals surface area (Å²) in [5.41, 5.74) is 1.39. The van der Waals surface area contributed by atoms with Crippen molar-refractivity contribution in [3.8, 4) is 0 Å². The topological polar surface area (TPSA) is 125 Å². The number of nitro benzene ring substituents is 1. The fourth-order valence-electron chi connectivity index (χ4n) is 4.16. The molecule has 11 nitrogen and oxygen atoms in total. The molecular weight excluding hydrogens is 485 g/mol. The highest BCUT2D eigenvalue weighted by molar-refractivity contribution is 5.92. The van der Waals surface area contributed by atoms with Crippen molar-refractivity contribution < 1.29 is 28.4 Å². The summed E-state index contributed by atoms with van der Waals surface area (Å²) in [5.74, 6) is -0.921. The number of nitrogens with zero attached hydrogens (tertiary/aromatic N) is 4. The highest BCUT2D eigenvalue weighted by Gasteiger charge is 2.33. The molecule has 1 N–H and O–H groups in total. The van der Waals surface area contributed by atoms with Crippen molar-refractivity contribution in [3.63, 3.8) is 0 Å². The van der Waals surface area contributed by atoms with Crippen molar-refractivity contribution in [1.29, 1.82) is 0 Å². The van der Waals surface area contributed by atoms with Gasteiger partial charge in [-0.2, -0.15) is 0 Å². The fraction of sp³-hybridized carbons (Fsp3) is 0.320. The number of carbonyl (C=O) groups excluding carboxylic acids is 3. The first-order valence-corrected chi connectivity index (χ1v) is 11.7. The molecule has 0 aromatic heterocycles. The zero-order valence-corrected chi connectivity index (χ0v) is 20.1. The van der Waals surface area contributed by atoms with Crippen LogP contribution in [0.25, 0.3) is 6.08 Å². The molecule has 0 radical (unpaired) electrons. The van der Waals surface area contributed by atoms with Gasteiger partial charge in [0, 0.05) is 51.3 Å². The summed E-state index contributed by atoms with van der Waals surface area (Å²) in [6.07, 6.45) is 1.90. The molecule has 4 rings (SSSR count). The second-order valence-corrected chi connectivity index (χ2v) is 8.68. The smallest absolute Gasteiger partial charge is 0.414 e. The Bertz CT molecular complexity index is 1230. The third-order valence-corrected chi connectivity index (χ3v) is 6.15. The molecule has 12 heteroatoms. The molecule has 2 aliphatic heterocycles. The zero-order valence-electron chi connectivity index (χ0n) is 20.1. The lowest BCUT2D eigenvalue weighted by Gasteiger charge is -2.36. The third kappa shape index (κ3) is 6.21. The normalized spacial score (nSPS) is 17.7. The van der Waals surface area contributed by atoms with E-state index in [1.807, 2.05) is 4.90 Å². The molecule has 194 valence electrons. The van der Waals surface area contributed by atoms with Gasteiger partial charge in [-0.25, -0.2) is 9.18 Å². The molecule has 1 atom stereocenters. The lowest BCUT2D eigenvalue weighted by molar-refractivity contribution is -0.384. The molecule has 3 amide bonds. The maximum atomic E-state index is 15.0. The predicted octanol–water partition coefficient (Wildman–Crippen LogP) is 2.56. The number of nitro groups is 1. The van der Waals surface area contributed by atoms with Crippen molar-refractivity contribution in [3.05, 3.63) is 70.0 Å². The maximum absolute atomic E-state index is 15.0. The molecule has 2 heterocycles. The summed E-state index contributed by atoms with van der Waals surface area (Å²) in [6.45, 7) is 3.41.